The first-order chi connectivity index (χ1) is 12.6. The van der Waals surface area contributed by atoms with Crippen molar-refractivity contribution in [2.75, 3.05) is 5.75 Å². The highest BCUT2D eigenvalue weighted by Crippen LogP contribution is 2.26. The predicted molar refractivity (Wildman–Crippen MR) is 107 cm³/mol. The molecule has 3 aromatic rings. The first-order valence-electron chi connectivity index (χ1n) is 7.80. The molecule has 1 aromatic heterocycles. The standard InChI is InChI=1S/C19H15Cl2N3OS/c1-2-11-24-18(13-7-9-14(20)10-8-13)22-23-19(24)26-12-17(25)15-5-3-4-6-16(15)21/h2-10H,1,11-12H2. The molecule has 3 rings (SSSR count). The Bertz CT molecular complexity index is 938. The van der Waals surface area contributed by atoms with Crippen molar-refractivity contribution in [3.05, 3.63) is 76.8 Å². The van der Waals surface area contributed by atoms with Crippen LogP contribution in [0.1, 0.15) is 10.4 Å². The molecule has 4 nitrogen and oxygen atoms in total. The van der Waals surface area contributed by atoms with Gasteiger partial charge in [0.2, 0.25) is 0 Å². The number of thioether (sulfide) groups is 1. The van der Waals surface area contributed by atoms with Gasteiger partial charge >= 0.3 is 0 Å². The van der Waals surface area contributed by atoms with E-state index in [0.717, 1.165) is 5.56 Å². The van der Waals surface area contributed by atoms with E-state index in [-0.39, 0.29) is 11.5 Å². The molecule has 0 fully saturated rings. The van der Waals surface area contributed by atoms with Crippen LogP contribution in [-0.4, -0.2) is 26.3 Å². The van der Waals surface area contributed by atoms with E-state index in [1.807, 2.05) is 16.7 Å². The molecule has 0 radical (unpaired) electrons. The van der Waals surface area contributed by atoms with Crippen LogP contribution in [0.5, 0.6) is 0 Å². The zero-order chi connectivity index (χ0) is 18.5. The SMILES string of the molecule is C=CCn1c(SCC(=O)c2ccccc2Cl)nnc1-c1ccc(Cl)cc1. The molecule has 7 heteroatoms. The van der Waals surface area contributed by atoms with Gasteiger partial charge in [-0.05, 0) is 36.4 Å². The summed E-state index contributed by atoms with van der Waals surface area (Å²) >= 11 is 13.4. The average Bonchev–Trinajstić information content (AvgIpc) is 3.04. The van der Waals surface area contributed by atoms with Crippen LogP contribution in [0.2, 0.25) is 10.0 Å². The van der Waals surface area contributed by atoms with Crippen LogP contribution in [0.15, 0.2) is 66.3 Å². The number of aromatic nitrogens is 3. The van der Waals surface area contributed by atoms with Gasteiger partial charge in [0.25, 0.3) is 0 Å². The second-order valence-electron chi connectivity index (χ2n) is 5.40. The molecule has 1 heterocycles. The highest BCUT2D eigenvalue weighted by Gasteiger charge is 2.16. The van der Waals surface area contributed by atoms with E-state index in [2.05, 4.69) is 16.8 Å². The van der Waals surface area contributed by atoms with Gasteiger partial charge in [-0.25, -0.2) is 0 Å². The minimum atomic E-state index is -0.0539. The predicted octanol–water partition coefficient (Wildman–Crippen LogP) is 5.41. The number of Topliss-reactive ketones (excluding diaryl/α,β-unsaturated/α-hetero) is 1. The summed E-state index contributed by atoms with van der Waals surface area (Å²) < 4.78 is 1.92. The van der Waals surface area contributed by atoms with E-state index in [1.54, 1.807) is 42.5 Å². The molecule has 0 aliphatic rings. The molecule has 0 unspecified atom stereocenters. The number of halogens is 2. The third kappa shape index (κ3) is 4.18. The van der Waals surface area contributed by atoms with Crippen molar-refractivity contribution in [3.63, 3.8) is 0 Å². The summed E-state index contributed by atoms with van der Waals surface area (Å²) in [6, 6.07) is 14.4. The maximum absolute atomic E-state index is 12.4. The van der Waals surface area contributed by atoms with Crippen LogP contribution >= 0.6 is 35.0 Å². The minimum absolute atomic E-state index is 0.0539. The van der Waals surface area contributed by atoms with Crippen LogP contribution in [0.4, 0.5) is 0 Å². The summed E-state index contributed by atoms with van der Waals surface area (Å²) in [5.41, 5.74) is 1.41. The maximum Gasteiger partial charge on any atom is 0.192 e. The maximum atomic E-state index is 12.4. The molecule has 0 amide bonds. The third-order valence-corrected chi connectivity index (χ3v) is 5.19. The first kappa shape index (κ1) is 18.7. The summed E-state index contributed by atoms with van der Waals surface area (Å²) in [5.74, 6) is 0.871. The quantitative estimate of drug-likeness (QED) is 0.300. The Labute approximate surface area is 165 Å². The van der Waals surface area contributed by atoms with Gasteiger partial charge in [0.15, 0.2) is 16.8 Å². The molecule has 0 spiro atoms. The Morgan fingerprint density at radius 2 is 1.85 bits per heavy atom. The Morgan fingerprint density at radius 3 is 2.54 bits per heavy atom. The van der Waals surface area contributed by atoms with E-state index >= 15 is 0 Å². The molecule has 132 valence electrons. The Hall–Kier alpha value is -2.08. The Morgan fingerprint density at radius 1 is 1.12 bits per heavy atom. The van der Waals surface area contributed by atoms with Crippen molar-refractivity contribution < 1.29 is 4.79 Å². The van der Waals surface area contributed by atoms with E-state index in [0.29, 0.717) is 33.1 Å². The first-order valence-corrected chi connectivity index (χ1v) is 9.55. The summed E-state index contributed by atoms with van der Waals surface area (Å²) in [5, 5.41) is 10.3. The highest BCUT2D eigenvalue weighted by atomic mass is 35.5. The van der Waals surface area contributed by atoms with E-state index in [9.17, 15) is 4.79 Å². The largest absolute Gasteiger partial charge is 0.298 e. The molecular weight excluding hydrogens is 389 g/mol. The molecule has 0 atom stereocenters. The van der Waals surface area contributed by atoms with Gasteiger partial charge in [-0.1, -0.05) is 53.2 Å². The second kappa shape index (κ2) is 8.54. The molecule has 2 aromatic carbocycles. The van der Waals surface area contributed by atoms with Crippen molar-refractivity contribution in [3.8, 4) is 11.4 Å². The van der Waals surface area contributed by atoms with Gasteiger partial charge < -0.3 is 0 Å². The average molecular weight is 404 g/mol. The zero-order valence-electron chi connectivity index (χ0n) is 13.7. The van der Waals surface area contributed by atoms with E-state index in [4.69, 9.17) is 23.2 Å². The lowest BCUT2D eigenvalue weighted by atomic mass is 10.1. The van der Waals surface area contributed by atoms with Gasteiger partial charge in [0, 0.05) is 22.7 Å². The molecule has 0 N–H and O–H groups in total. The van der Waals surface area contributed by atoms with Crippen LogP contribution in [0.3, 0.4) is 0 Å². The third-order valence-electron chi connectivity index (χ3n) is 3.64. The molecule has 0 aliphatic carbocycles. The second-order valence-corrected chi connectivity index (χ2v) is 7.19. The van der Waals surface area contributed by atoms with Gasteiger partial charge in [0.1, 0.15) is 0 Å². The summed E-state index contributed by atoms with van der Waals surface area (Å²) in [4.78, 5) is 12.4. The fourth-order valence-corrected chi connectivity index (χ4v) is 3.60. The molecule has 0 saturated carbocycles. The summed E-state index contributed by atoms with van der Waals surface area (Å²) in [6.07, 6.45) is 1.77. The van der Waals surface area contributed by atoms with E-state index < -0.39 is 0 Å². The molecule has 0 bridgehead atoms. The number of carbonyl (C=O) groups is 1. The van der Waals surface area contributed by atoms with Crippen LogP contribution < -0.4 is 0 Å². The van der Waals surface area contributed by atoms with Gasteiger partial charge in [0.05, 0.1) is 10.8 Å². The number of allylic oxidation sites excluding steroid dienone is 1. The monoisotopic (exact) mass is 403 g/mol. The van der Waals surface area contributed by atoms with Crippen molar-refractivity contribution in [1.29, 1.82) is 0 Å². The van der Waals surface area contributed by atoms with Gasteiger partial charge in [-0.2, -0.15) is 0 Å². The highest BCUT2D eigenvalue weighted by molar-refractivity contribution is 7.99. The smallest absolute Gasteiger partial charge is 0.192 e. The van der Waals surface area contributed by atoms with Gasteiger partial charge in [-0.3, -0.25) is 9.36 Å². The lowest BCUT2D eigenvalue weighted by Gasteiger charge is -2.08. The van der Waals surface area contributed by atoms with E-state index in [1.165, 1.54) is 11.8 Å². The number of hydrogen-bond acceptors (Lipinski definition) is 4. The van der Waals surface area contributed by atoms with Crippen molar-refractivity contribution >= 4 is 40.7 Å². The van der Waals surface area contributed by atoms with Crippen LogP contribution in [-0.2, 0) is 6.54 Å². The number of hydrogen-bond donors (Lipinski definition) is 0. The van der Waals surface area contributed by atoms with Crippen molar-refractivity contribution in [1.82, 2.24) is 14.8 Å². The van der Waals surface area contributed by atoms with Crippen molar-refractivity contribution in [2.24, 2.45) is 0 Å². The normalized spacial score (nSPS) is 10.7. The molecular formula is C19H15Cl2N3OS. The van der Waals surface area contributed by atoms with Gasteiger partial charge in [-0.15, -0.1) is 16.8 Å². The number of benzene rings is 2. The van der Waals surface area contributed by atoms with Crippen LogP contribution in [0.25, 0.3) is 11.4 Å². The fourth-order valence-electron chi connectivity index (χ4n) is 2.40. The Balaban J connectivity index is 1.82. The topological polar surface area (TPSA) is 47.8 Å². The zero-order valence-corrected chi connectivity index (χ0v) is 16.1. The number of carbonyl (C=O) groups excluding carboxylic acids is 1. The fraction of sp³-hybridized carbons (Fsp3) is 0.105. The molecule has 0 saturated heterocycles. The molecule has 0 aliphatic heterocycles. The lowest BCUT2D eigenvalue weighted by molar-refractivity contribution is 0.102. The number of ketones is 1. The van der Waals surface area contributed by atoms with Crippen LogP contribution in [0, 0.1) is 0 Å². The number of nitrogens with zero attached hydrogens (tertiary/aromatic N) is 3. The summed E-state index contributed by atoms with van der Waals surface area (Å²) in [7, 11) is 0. The van der Waals surface area contributed by atoms with Crippen molar-refractivity contribution in [2.45, 2.75) is 11.7 Å². The minimum Gasteiger partial charge on any atom is -0.298 e. The lowest BCUT2D eigenvalue weighted by Crippen LogP contribution is -2.06. The molecule has 26 heavy (non-hydrogen) atoms. The Kier molecular flexibility index (Phi) is 6.14. The number of rotatable bonds is 7. The summed E-state index contributed by atoms with van der Waals surface area (Å²) in [6.45, 7) is 4.32.